The molecule has 218 valence electrons. The summed E-state index contributed by atoms with van der Waals surface area (Å²) in [7, 11) is 5.08. The summed E-state index contributed by atoms with van der Waals surface area (Å²) < 4.78 is 46.9. The van der Waals surface area contributed by atoms with Crippen LogP contribution in [0, 0.1) is 11.6 Å². The van der Waals surface area contributed by atoms with Crippen molar-refractivity contribution in [3.63, 3.8) is 0 Å². The average molecular weight is 593 g/mol. The van der Waals surface area contributed by atoms with E-state index >= 15 is 0 Å². The molecule has 0 atom stereocenters. The minimum atomic E-state index is -1.36. The monoisotopic (exact) mass is 592 g/mol. The third kappa shape index (κ3) is 6.46. The minimum absolute atomic E-state index is 0.00144. The summed E-state index contributed by atoms with van der Waals surface area (Å²) in [5.41, 5.74) is 0.428. The molecule has 4 rings (SSSR count). The quantitative estimate of drug-likeness (QED) is 0.430. The molecule has 1 N–H and O–H groups in total. The van der Waals surface area contributed by atoms with E-state index in [4.69, 9.17) is 11.6 Å². The number of carbonyl (C=O) groups excluding carboxylic acids is 3. The highest BCUT2D eigenvalue weighted by Gasteiger charge is 2.27. The van der Waals surface area contributed by atoms with Gasteiger partial charge in [-0.25, -0.2) is 13.8 Å². The van der Waals surface area contributed by atoms with Gasteiger partial charge in [0, 0.05) is 44.5 Å². The largest absolute Gasteiger partial charge is 0.460 e. The van der Waals surface area contributed by atoms with Gasteiger partial charge < -0.3 is 29.3 Å². The van der Waals surface area contributed by atoms with Crippen molar-refractivity contribution >= 4 is 35.0 Å². The molecule has 0 saturated carbocycles. The van der Waals surface area contributed by atoms with Gasteiger partial charge >= 0.3 is 0 Å². The van der Waals surface area contributed by atoms with Crippen LogP contribution in [0.4, 0.5) is 18.9 Å². The zero-order chi connectivity index (χ0) is 29.8. The number of aromatic nitrogens is 2. The molecule has 2 aromatic carbocycles. The first-order valence-corrected chi connectivity index (χ1v) is 12.9. The Balaban J connectivity index is 1.43. The van der Waals surface area contributed by atoms with E-state index in [-0.39, 0.29) is 45.2 Å². The van der Waals surface area contributed by atoms with Gasteiger partial charge in [-0.2, -0.15) is 4.39 Å². The summed E-state index contributed by atoms with van der Waals surface area (Å²) in [6.45, 7) is 0.548. The number of ether oxygens (including phenoxy) is 1. The Kier molecular flexibility index (Phi) is 9.18. The van der Waals surface area contributed by atoms with Crippen LogP contribution in [0.3, 0.4) is 0 Å². The Morgan fingerprint density at radius 2 is 1.73 bits per heavy atom. The first kappa shape index (κ1) is 29.9. The Bertz CT molecular complexity index is 1470. The highest BCUT2D eigenvalue weighted by Crippen LogP contribution is 2.30. The summed E-state index contributed by atoms with van der Waals surface area (Å²) in [4.78, 5) is 47.4. The summed E-state index contributed by atoms with van der Waals surface area (Å²) in [6.07, 6.45) is 1.20. The molecule has 1 saturated heterocycles. The second-order valence-corrected chi connectivity index (χ2v) is 9.99. The maximum Gasteiger partial charge on any atom is 0.291 e. The van der Waals surface area contributed by atoms with Crippen LogP contribution in [0.15, 0.2) is 36.5 Å². The van der Waals surface area contributed by atoms with Crippen LogP contribution in [0.1, 0.15) is 21.0 Å². The summed E-state index contributed by atoms with van der Waals surface area (Å²) in [5.74, 6) is -4.29. The maximum absolute atomic E-state index is 14.6. The molecule has 2 heterocycles. The topological polar surface area (TPSA) is 100 Å². The van der Waals surface area contributed by atoms with Crippen LogP contribution in [0.2, 0.25) is 5.02 Å². The predicted octanol–water partition coefficient (Wildman–Crippen LogP) is 3.42. The molecule has 0 spiro atoms. The van der Waals surface area contributed by atoms with Crippen LogP contribution in [0.5, 0.6) is 5.75 Å². The number of anilines is 1. The van der Waals surface area contributed by atoms with E-state index in [1.54, 1.807) is 14.7 Å². The van der Waals surface area contributed by atoms with Crippen molar-refractivity contribution in [2.45, 2.75) is 0 Å². The Hall–Kier alpha value is -4.10. The van der Waals surface area contributed by atoms with Gasteiger partial charge in [-0.1, -0.05) is 11.6 Å². The number of nitrogens with one attached hydrogen (secondary N) is 1. The number of benzene rings is 2. The Morgan fingerprint density at radius 1 is 1.05 bits per heavy atom. The predicted molar refractivity (Wildman–Crippen MR) is 146 cm³/mol. The van der Waals surface area contributed by atoms with Gasteiger partial charge in [-0.15, -0.1) is 0 Å². The van der Waals surface area contributed by atoms with Crippen molar-refractivity contribution in [1.29, 1.82) is 0 Å². The summed E-state index contributed by atoms with van der Waals surface area (Å²) in [6, 6.07) is 6.70. The van der Waals surface area contributed by atoms with E-state index in [0.29, 0.717) is 32.7 Å². The maximum atomic E-state index is 14.6. The zero-order valence-electron chi connectivity index (χ0n) is 22.6. The molecule has 0 radical (unpaired) electrons. The van der Waals surface area contributed by atoms with Crippen LogP contribution >= 0.6 is 11.6 Å². The van der Waals surface area contributed by atoms with Gasteiger partial charge in [0.15, 0.2) is 17.4 Å². The molecule has 1 fully saturated rings. The van der Waals surface area contributed by atoms with E-state index < -0.39 is 30.2 Å². The third-order valence-corrected chi connectivity index (χ3v) is 6.87. The fraction of sp³-hybridized carbons (Fsp3) is 0.333. The van der Waals surface area contributed by atoms with Gasteiger partial charge in [0.05, 0.1) is 29.0 Å². The fourth-order valence-corrected chi connectivity index (χ4v) is 4.69. The number of rotatable bonds is 8. The van der Waals surface area contributed by atoms with Crippen molar-refractivity contribution in [3.8, 4) is 17.0 Å². The van der Waals surface area contributed by atoms with Crippen LogP contribution < -0.4 is 10.1 Å². The van der Waals surface area contributed by atoms with E-state index in [0.717, 1.165) is 6.07 Å². The molecular weight excluding hydrogens is 565 g/mol. The van der Waals surface area contributed by atoms with Gasteiger partial charge in [0.2, 0.25) is 18.6 Å². The number of imidazole rings is 1. The molecule has 0 aliphatic carbocycles. The lowest BCUT2D eigenvalue weighted by Crippen LogP contribution is -2.52. The molecule has 3 amide bonds. The Labute approximate surface area is 239 Å². The molecule has 3 aromatic rings. The lowest BCUT2D eigenvalue weighted by Gasteiger charge is -2.35. The summed E-state index contributed by atoms with van der Waals surface area (Å²) in [5, 5.41) is 2.74. The van der Waals surface area contributed by atoms with Crippen LogP contribution in [0.25, 0.3) is 11.3 Å². The van der Waals surface area contributed by atoms with Crippen molar-refractivity contribution in [1.82, 2.24) is 24.3 Å². The number of likely N-dealkylation sites (N-methyl/N-ethyl adjacent to an activating group) is 1. The SMILES string of the molecule is CN(C)CC(=O)N1CCN(C(=O)c2ccc(NC(=O)c3ncc(-c4ccc(OCF)c(F)c4F)n3C)cc2Cl)CC1. The van der Waals surface area contributed by atoms with E-state index in [1.165, 1.54) is 42.1 Å². The molecule has 41 heavy (non-hydrogen) atoms. The number of amides is 3. The minimum Gasteiger partial charge on any atom is -0.460 e. The molecule has 1 aliphatic rings. The third-order valence-electron chi connectivity index (χ3n) is 6.55. The highest BCUT2D eigenvalue weighted by molar-refractivity contribution is 6.34. The second kappa shape index (κ2) is 12.6. The molecule has 0 bridgehead atoms. The van der Waals surface area contributed by atoms with E-state index in [1.807, 2.05) is 14.1 Å². The van der Waals surface area contributed by atoms with E-state index in [9.17, 15) is 27.6 Å². The number of hydrogen-bond acceptors (Lipinski definition) is 6. The van der Waals surface area contributed by atoms with Gasteiger partial charge in [0.1, 0.15) is 0 Å². The second-order valence-electron chi connectivity index (χ2n) is 9.58. The number of alkyl halides is 1. The van der Waals surface area contributed by atoms with E-state index in [2.05, 4.69) is 15.0 Å². The van der Waals surface area contributed by atoms with Crippen molar-refractivity contribution in [2.75, 3.05) is 59.0 Å². The van der Waals surface area contributed by atoms with Gasteiger partial charge in [0.25, 0.3) is 11.8 Å². The average Bonchev–Trinajstić information content (AvgIpc) is 3.32. The molecule has 1 aliphatic heterocycles. The highest BCUT2D eigenvalue weighted by atomic mass is 35.5. The zero-order valence-corrected chi connectivity index (χ0v) is 23.3. The lowest BCUT2D eigenvalue weighted by molar-refractivity contribution is -0.133. The first-order valence-electron chi connectivity index (χ1n) is 12.5. The smallest absolute Gasteiger partial charge is 0.291 e. The number of carbonyl (C=O) groups is 3. The first-order chi connectivity index (χ1) is 19.5. The number of piperazine rings is 1. The van der Waals surface area contributed by atoms with Crippen LogP contribution in [-0.2, 0) is 11.8 Å². The van der Waals surface area contributed by atoms with Gasteiger partial charge in [-0.3, -0.25) is 14.4 Å². The van der Waals surface area contributed by atoms with Crippen molar-refractivity contribution in [3.05, 3.63) is 64.6 Å². The summed E-state index contributed by atoms with van der Waals surface area (Å²) >= 11 is 6.39. The molecule has 14 heteroatoms. The Morgan fingerprint density at radius 3 is 2.37 bits per heavy atom. The van der Waals surface area contributed by atoms with Gasteiger partial charge in [-0.05, 0) is 44.4 Å². The molecule has 10 nitrogen and oxygen atoms in total. The molecule has 0 unspecified atom stereocenters. The number of hydrogen-bond donors (Lipinski definition) is 1. The standard InChI is InChI=1S/C27H28ClF3N6O4/c1-34(2)14-22(38)36-8-10-37(11-9-36)27(40)17-5-4-16(12-19(17)28)33-26(39)25-32-13-20(35(25)3)18-6-7-21(41-15-29)24(31)23(18)30/h4-7,12-13H,8-11,14-15H2,1-3H3,(H,33,39). The number of halogens is 4. The van der Waals surface area contributed by atoms with Crippen molar-refractivity contribution in [2.24, 2.45) is 7.05 Å². The van der Waals surface area contributed by atoms with Crippen LogP contribution in [-0.4, -0.2) is 95.7 Å². The molecular formula is C27H28ClF3N6O4. The fourth-order valence-electron chi connectivity index (χ4n) is 4.42. The normalized spacial score (nSPS) is 13.5. The lowest BCUT2D eigenvalue weighted by atomic mass is 10.1. The van der Waals surface area contributed by atoms with Crippen molar-refractivity contribution < 1.29 is 32.3 Å². The molecule has 1 aromatic heterocycles. The number of nitrogens with zero attached hydrogens (tertiary/aromatic N) is 5.